The van der Waals surface area contributed by atoms with Gasteiger partial charge < -0.3 is 24.8 Å². The Morgan fingerprint density at radius 3 is 1.47 bits per heavy atom. The number of alkyl carbamates (subject to hydrolysis) is 1. The van der Waals surface area contributed by atoms with Crippen LogP contribution in [0.1, 0.15) is 35.1 Å². The van der Waals surface area contributed by atoms with Crippen LogP contribution in [0.3, 0.4) is 0 Å². The molecule has 0 saturated heterocycles. The van der Waals surface area contributed by atoms with E-state index in [2.05, 4.69) is 10.6 Å². The predicted octanol–water partition coefficient (Wildman–Crippen LogP) is 5.28. The van der Waals surface area contributed by atoms with Gasteiger partial charge in [-0.25, -0.2) is 9.59 Å². The van der Waals surface area contributed by atoms with Crippen molar-refractivity contribution in [3.63, 3.8) is 0 Å². The monoisotopic (exact) mass is 608 g/mol. The first-order chi connectivity index (χ1) is 22.0. The normalized spacial score (nSPS) is 11.8. The number of hydrogen-bond donors (Lipinski definition) is 2. The van der Waals surface area contributed by atoms with Crippen molar-refractivity contribution in [1.82, 2.24) is 10.6 Å². The van der Waals surface area contributed by atoms with Gasteiger partial charge >= 0.3 is 18.0 Å². The first-order valence-corrected chi connectivity index (χ1v) is 14.7. The lowest BCUT2D eigenvalue weighted by Gasteiger charge is -2.23. The summed E-state index contributed by atoms with van der Waals surface area (Å²) in [5.41, 5.74) is 3.17. The van der Waals surface area contributed by atoms with E-state index in [0.29, 0.717) is 0 Å². The fourth-order valence-corrected chi connectivity index (χ4v) is 4.39. The number of nitrogens with one attached hydrogen (secondary N) is 2. The minimum absolute atomic E-state index is 0.0119. The Balaban J connectivity index is 1.42. The molecule has 2 amide bonds. The number of carbonyl (C=O) groups is 4. The third-order valence-corrected chi connectivity index (χ3v) is 6.81. The van der Waals surface area contributed by atoms with Gasteiger partial charge in [-0.2, -0.15) is 0 Å². The zero-order chi connectivity index (χ0) is 31.7. The quantitative estimate of drug-likeness (QED) is 0.139. The van der Waals surface area contributed by atoms with E-state index in [1.165, 1.54) is 0 Å². The molecular weight excluding hydrogens is 572 g/mol. The van der Waals surface area contributed by atoms with Crippen LogP contribution in [0.4, 0.5) is 4.79 Å². The van der Waals surface area contributed by atoms with Crippen LogP contribution in [0.15, 0.2) is 121 Å². The smallest absolute Gasteiger partial charge is 0.408 e. The van der Waals surface area contributed by atoms with Gasteiger partial charge in [-0.15, -0.1) is 0 Å². The Hall–Kier alpha value is -5.44. The first kappa shape index (κ1) is 32.5. The van der Waals surface area contributed by atoms with Gasteiger partial charge in [0.2, 0.25) is 5.91 Å². The van der Waals surface area contributed by atoms with Crippen molar-refractivity contribution >= 4 is 23.9 Å². The molecule has 9 heteroatoms. The average molecular weight is 609 g/mol. The van der Waals surface area contributed by atoms with E-state index in [0.717, 1.165) is 22.3 Å². The van der Waals surface area contributed by atoms with E-state index < -0.39 is 36.0 Å². The zero-order valence-corrected chi connectivity index (χ0v) is 24.8. The van der Waals surface area contributed by atoms with Crippen LogP contribution in [0.2, 0.25) is 0 Å². The third-order valence-electron chi connectivity index (χ3n) is 6.81. The fourth-order valence-electron chi connectivity index (χ4n) is 4.39. The van der Waals surface area contributed by atoms with Gasteiger partial charge in [0, 0.05) is 12.8 Å². The van der Waals surface area contributed by atoms with E-state index in [9.17, 15) is 19.2 Å². The highest BCUT2D eigenvalue weighted by Crippen LogP contribution is 2.10. The van der Waals surface area contributed by atoms with Crippen LogP contribution in [0.25, 0.3) is 0 Å². The van der Waals surface area contributed by atoms with Gasteiger partial charge in [-0.05, 0) is 28.7 Å². The molecule has 4 aromatic carbocycles. The van der Waals surface area contributed by atoms with Gasteiger partial charge in [0.15, 0.2) is 0 Å². The average Bonchev–Trinajstić information content (AvgIpc) is 3.08. The Kier molecular flexibility index (Phi) is 12.7. The minimum atomic E-state index is -1.18. The van der Waals surface area contributed by atoms with Crippen LogP contribution in [-0.2, 0) is 54.8 Å². The minimum Gasteiger partial charge on any atom is -0.461 e. The van der Waals surface area contributed by atoms with Gasteiger partial charge in [0.25, 0.3) is 0 Å². The van der Waals surface area contributed by atoms with Crippen molar-refractivity contribution in [3.05, 3.63) is 144 Å². The lowest BCUT2D eigenvalue weighted by atomic mass is 10.0. The second kappa shape index (κ2) is 17.6. The summed E-state index contributed by atoms with van der Waals surface area (Å²) in [4.78, 5) is 52.1. The molecule has 4 aromatic rings. The van der Waals surface area contributed by atoms with Crippen molar-refractivity contribution in [2.75, 3.05) is 0 Å². The summed E-state index contributed by atoms with van der Waals surface area (Å²) in [7, 11) is 0. The Morgan fingerprint density at radius 2 is 0.956 bits per heavy atom. The molecule has 2 atom stereocenters. The molecule has 0 aliphatic rings. The second-order valence-electron chi connectivity index (χ2n) is 10.3. The van der Waals surface area contributed by atoms with Crippen LogP contribution in [0, 0.1) is 0 Å². The summed E-state index contributed by atoms with van der Waals surface area (Å²) in [5, 5.41) is 5.31. The van der Waals surface area contributed by atoms with Gasteiger partial charge in [-0.1, -0.05) is 121 Å². The molecule has 4 rings (SSSR count). The van der Waals surface area contributed by atoms with Gasteiger partial charge in [0.1, 0.15) is 31.9 Å². The molecule has 0 aliphatic carbocycles. The zero-order valence-electron chi connectivity index (χ0n) is 24.8. The number of esters is 2. The lowest BCUT2D eigenvalue weighted by Crippen LogP contribution is -2.53. The molecule has 0 saturated carbocycles. The third kappa shape index (κ3) is 11.6. The molecule has 0 fully saturated rings. The Morgan fingerprint density at radius 1 is 0.511 bits per heavy atom. The molecule has 0 aromatic heterocycles. The van der Waals surface area contributed by atoms with Crippen molar-refractivity contribution in [3.8, 4) is 0 Å². The van der Waals surface area contributed by atoms with Crippen LogP contribution in [-0.4, -0.2) is 36.0 Å². The fraction of sp³-hybridized carbons (Fsp3) is 0.222. The molecule has 0 aliphatic heterocycles. The highest BCUT2D eigenvalue weighted by molar-refractivity contribution is 5.90. The van der Waals surface area contributed by atoms with Crippen LogP contribution >= 0.6 is 0 Å². The summed E-state index contributed by atoms with van der Waals surface area (Å²) < 4.78 is 16.2. The molecule has 2 N–H and O–H groups in total. The molecule has 45 heavy (non-hydrogen) atoms. The van der Waals surface area contributed by atoms with Crippen LogP contribution < -0.4 is 10.6 Å². The second-order valence-corrected chi connectivity index (χ2v) is 10.3. The summed E-state index contributed by atoms with van der Waals surface area (Å²) in [6, 6.07) is 34.4. The van der Waals surface area contributed by atoms with E-state index >= 15 is 0 Å². The molecular formula is C36H36N2O7. The number of benzene rings is 4. The number of carbonyl (C=O) groups excluding carboxylic acids is 4. The number of ether oxygens (including phenoxy) is 3. The highest BCUT2D eigenvalue weighted by atomic mass is 16.5. The standard InChI is InChI=1S/C36H36N2O7/c39-33(43-24-28-15-7-2-8-16-28)22-21-31(35(41)44-25-29-17-9-3-10-18-29)37-34(40)32(23-27-13-5-1-6-14-27)38-36(42)45-26-30-19-11-4-12-20-30/h1-20,31-32H,21-26H2,(H,37,40)(H,38,42)/t31-,32-/m0/s1. The first-order valence-electron chi connectivity index (χ1n) is 14.7. The van der Waals surface area contributed by atoms with Crippen molar-refractivity contribution in [1.29, 1.82) is 0 Å². The maximum atomic E-state index is 13.6. The maximum Gasteiger partial charge on any atom is 0.408 e. The van der Waals surface area contributed by atoms with Crippen molar-refractivity contribution in [2.45, 2.75) is 51.2 Å². The molecule has 0 spiro atoms. The molecule has 0 radical (unpaired) electrons. The maximum absolute atomic E-state index is 13.6. The predicted molar refractivity (Wildman–Crippen MR) is 167 cm³/mol. The summed E-state index contributed by atoms with van der Waals surface area (Å²) in [6.45, 7) is 0.0944. The Labute approximate surface area is 262 Å². The van der Waals surface area contributed by atoms with E-state index in [-0.39, 0.29) is 39.1 Å². The summed E-state index contributed by atoms with van der Waals surface area (Å²) in [6.07, 6.45) is -0.863. The van der Waals surface area contributed by atoms with Crippen LogP contribution in [0.5, 0.6) is 0 Å². The molecule has 0 bridgehead atoms. The number of hydrogen-bond acceptors (Lipinski definition) is 7. The topological polar surface area (TPSA) is 120 Å². The molecule has 0 heterocycles. The molecule has 232 valence electrons. The SMILES string of the molecule is O=C(CC[C@H](NC(=O)[C@H](Cc1ccccc1)NC(=O)OCc1ccccc1)C(=O)OCc1ccccc1)OCc1ccccc1. The van der Waals surface area contributed by atoms with E-state index in [1.54, 1.807) is 0 Å². The van der Waals surface area contributed by atoms with E-state index in [1.807, 2.05) is 121 Å². The highest BCUT2D eigenvalue weighted by Gasteiger charge is 2.29. The number of amides is 2. The van der Waals surface area contributed by atoms with Gasteiger partial charge in [-0.3, -0.25) is 9.59 Å². The lowest BCUT2D eigenvalue weighted by molar-refractivity contribution is -0.150. The molecule has 9 nitrogen and oxygen atoms in total. The largest absolute Gasteiger partial charge is 0.461 e. The van der Waals surface area contributed by atoms with Gasteiger partial charge in [0.05, 0.1) is 0 Å². The summed E-state index contributed by atoms with van der Waals surface area (Å²) in [5.74, 6) is -1.87. The Bertz CT molecular complexity index is 1500. The van der Waals surface area contributed by atoms with E-state index in [4.69, 9.17) is 14.2 Å². The molecule has 0 unspecified atom stereocenters. The van der Waals surface area contributed by atoms with Crippen molar-refractivity contribution < 1.29 is 33.4 Å². The number of rotatable bonds is 15. The van der Waals surface area contributed by atoms with Crippen molar-refractivity contribution in [2.24, 2.45) is 0 Å². The summed E-state index contributed by atoms with van der Waals surface area (Å²) >= 11 is 0.